The quantitative estimate of drug-likeness (QED) is 0.222. The number of para-hydroxylation sites is 2. The molecule has 0 radical (unpaired) electrons. The predicted octanol–water partition coefficient (Wildman–Crippen LogP) is 6.80. The number of hydrazone groups is 1. The zero-order chi connectivity index (χ0) is 27.5. The fourth-order valence-corrected chi connectivity index (χ4v) is 9.23. The maximum Gasteiger partial charge on any atom is 0.273 e. The van der Waals surface area contributed by atoms with Gasteiger partial charge < -0.3 is 5.11 Å². The van der Waals surface area contributed by atoms with Gasteiger partial charge in [0.05, 0.1) is 22.3 Å². The maximum absolute atomic E-state index is 13.2. The van der Waals surface area contributed by atoms with Crippen LogP contribution in [0.5, 0.6) is 0 Å². The molecule has 40 heavy (non-hydrogen) atoms. The summed E-state index contributed by atoms with van der Waals surface area (Å²) in [6.45, 7) is 2.23. The van der Waals surface area contributed by atoms with Gasteiger partial charge in [0.25, 0.3) is 5.91 Å². The first-order valence-electron chi connectivity index (χ1n) is 15.0. The number of nitrogens with one attached hydrogen (secondary N) is 1. The molecule has 2 aromatic carbocycles. The molecular formula is C35H37N3O2. The van der Waals surface area contributed by atoms with Crippen molar-refractivity contribution in [2.24, 2.45) is 34.2 Å². The highest BCUT2D eigenvalue weighted by atomic mass is 16.3. The Morgan fingerprint density at radius 1 is 1.07 bits per heavy atom. The fraction of sp³-hybridized carbons (Fsp3) is 0.457. The Bertz CT molecular complexity index is 1620. The molecule has 4 aliphatic carbocycles. The normalized spacial score (nSPS) is 34.0. The van der Waals surface area contributed by atoms with Crippen LogP contribution in [0, 0.1) is 41.4 Å². The zero-order valence-corrected chi connectivity index (χ0v) is 23.2. The number of allylic oxidation sites excluding steroid dienone is 2. The number of carbonyl (C=O) groups is 1. The molecule has 0 unspecified atom stereocenters. The number of rotatable bonds is 3. The van der Waals surface area contributed by atoms with E-state index in [9.17, 15) is 9.90 Å². The van der Waals surface area contributed by atoms with Crippen LogP contribution >= 0.6 is 0 Å². The van der Waals surface area contributed by atoms with Crippen LogP contribution in [0.3, 0.4) is 0 Å². The second-order valence-corrected chi connectivity index (χ2v) is 12.5. The summed E-state index contributed by atoms with van der Waals surface area (Å²) in [5, 5.41) is 18.0. The van der Waals surface area contributed by atoms with Gasteiger partial charge in [-0.05, 0) is 106 Å². The fourth-order valence-electron chi connectivity index (χ4n) is 9.23. The van der Waals surface area contributed by atoms with Crippen molar-refractivity contribution >= 4 is 33.4 Å². The van der Waals surface area contributed by atoms with E-state index in [1.165, 1.54) is 5.57 Å². The zero-order valence-electron chi connectivity index (χ0n) is 23.2. The molecule has 5 heteroatoms. The lowest BCUT2D eigenvalue weighted by Gasteiger charge is -2.56. The minimum Gasteiger partial charge on any atom is -0.377 e. The van der Waals surface area contributed by atoms with Gasteiger partial charge in [-0.15, -0.1) is 6.42 Å². The summed E-state index contributed by atoms with van der Waals surface area (Å²) in [6, 6.07) is 15.8. The minimum atomic E-state index is -0.940. The highest BCUT2D eigenvalue weighted by molar-refractivity contribution is 6.08. The van der Waals surface area contributed by atoms with Crippen LogP contribution in [0.1, 0.15) is 75.1 Å². The molecular weight excluding hydrogens is 494 g/mol. The summed E-state index contributed by atoms with van der Waals surface area (Å²) in [7, 11) is 0. The monoisotopic (exact) mass is 531 g/mol. The number of nitrogens with zero attached hydrogens (tertiary/aromatic N) is 2. The summed E-state index contributed by atoms with van der Waals surface area (Å²) < 4.78 is 0. The highest BCUT2D eigenvalue weighted by Gasteiger charge is 2.63. The van der Waals surface area contributed by atoms with Crippen LogP contribution in [0.15, 0.2) is 65.3 Å². The van der Waals surface area contributed by atoms with E-state index in [1.807, 2.05) is 42.5 Å². The lowest BCUT2D eigenvalue weighted by atomic mass is 9.49. The van der Waals surface area contributed by atoms with Gasteiger partial charge >= 0.3 is 0 Å². The minimum absolute atomic E-state index is 0.113. The molecule has 3 fully saturated rings. The van der Waals surface area contributed by atoms with E-state index >= 15 is 0 Å². The first kappa shape index (κ1) is 25.5. The Labute approximate surface area is 236 Å². The number of pyridine rings is 1. The molecule has 7 rings (SSSR count). The first-order chi connectivity index (χ1) is 19.5. The van der Waals surface area contributed by atoms with E-state index < -0.39 is 5.60 Å². The van der Waals surface area contributed by atoms with Gasteiger partial charge in [0.15, 0.2) is 0 Å². The summed E-state index contributed by atoms with van der Waals surface area (Å²) in [4.78, 5) is 18.0. The number of aromatic nitrogens is 1. The third-order valence-electron chi connectivity index (χ3n) is 11.1. The molecule has 0 saturated heterocycles. The van der Waals surface area contributed by atoms with Crippen molar-refractivity contribution in [2.45, 2.75) is 70.3 Å². The first-order valence-corrected chi connectivity index (χ1v) is 15.0. The summed E-state index contributed by atoms with van der Waals surface area (Å²) in [6.07, 6.45) is 17.3. The lowest BCUT2D eigenvalue weighted by molar-refractivity contribution is -0.0989. The number of benzene rings is 2. The molecule has 2 N–H and O–H groups in total. The highest BCUT2D eigenvalue weighted by Crippen LogP contribution is 2.66. The average Bonchev–Trinajstić information content (AvgIpc) is 3.31. The molecule has 3 saturated carbocycles. The number of fused-ring (bicyclic) bond motifs is 7. The third-order valence-corrected chi connectivity index (χ3v) is 11.1. The summed E-state index contributed by atoms with van der Waals surface area (Å²) in [5.74, 6) is 5.02. The Morgan fingerprint density at radius 3 is 2.77 bits per heavy atom. The van der Waals surface area contributed by atoms with E-state index in [2.05, 4.69) is 35.5 Å². The topological polar surface area (TPSA) is 74.6 Å². The average molecular weight is 532 g/mol. The van der Waals surface area contributed by atoms with Crippen LogP contribution < -0.4 is 5.43 Å². The Kier molecular flexibility index (Phi) is 6.09. The second-order valence-electron chi connectivity index (χ2n) is 12.5. The van der Waals surface area contributed by atoms with E-state index in [0.717, 1.165) is 79.8 Å². The molecule has 1 heterocycles. The standard InChI is InChI=1S/C35H37N3O2/c1-3-34-18-16-27-26-15-13-25(21-22(26)12-14-28(27)30(34)17-19-35(34,40)4-2)37-38-33(39)29-10-7-9-24-20-23-8-5-6-11-31(23)36-32(24)29/h2,5-11,20-21,26-28,30,40H,3,12-19H2,1H3,(H,38,39)/t26-,27+,28+,30-,34-,35-/m0/s1. The molecule has 0 aliphatic heterocycles. The van der Waals surface area contributed by atoms with Gasteiger partial charge in [0.2, 0.25) is 0 Å². The molecule has 6 atom stereocenters. The van der Waals surface area contributed by atoms with Gasteiger partial charge in [-0.2, -0.15) is 5.10 Å². The van der Waals surface area contributed by atoms with Crippen molar-refractivity contribution in [3.05, 3.63) is 65.7 Å². The van der Waals surface area contributed by atoms with Crippen LogP contribution in [0.25, 0.3) is 21.8 Å². The van der Waals surface area contributed by atoms with Gasteiger partial charge in [0, 0.05) is 16.2 Å². The number of carbonyl (C=O) groups excluding carboxylic acids is 1. The molecule has 4 aliphatic rings. The van der Waals surface area contributed by atoms with Crippen molar-refractivity contribution in [1.29, 1.82) is 0 Å². The largest absolute Gasteiger partial charge is 0.377 e. The van der Waals surface area contributed by atoms with Crippen molar-refractivity contribution in [2.75, 3.05) is 0 Å². The van der Waals surface area contributed by atoms with Crippen molar-refractivity contribution in [3.8, 4) is 12.3 Å². The van der Waals surface area contributed by atoms with Crippen LogP contribution in [0.2, 0.25) is 0 Å². The Balaban J connectivity index is 1.09. The summed E-state index contributed by atoms with van der Waals surface area (Å²) >= 11 is 0. The van der Waals surface area contributed by atoms with Gasteiger partial charge in [0.1, 0.15) is 5.60 Å². The Morgan fingerprint density at radius 2 is 1.93 bits per heavy atom. The number of aliphatic hydroxyl groups is 1. The van der Waals surface area contributed by atoms with E-state index in [-0.39, 0.29) is 11.3 Å². The smallest absolute Gasteiger partial charge is 0.273 e. The van der Waals surface area contributed by atoms with Crippen molar-refractivity contribution in [3.63, 3.8) is 0 Å². The number of hydrogen-bond acceptors (Lipinski definition) is 4. The Hall–Kier alpha value is -3.49. The number of terminal acetylenes is 1. The van der Waals surface area contributed by atoms with Crippen LogP contribution in [-0.2, 0) is 0 Å². The lowest BCUT2D eigenvalue weighted by Crippen LogP contribution is -2.53. The SMILES string of the molecule is C#C[C@]1(O)CC[C@H]2[C@@H]3CCC4=CC(=NNC(=O)c5cccc6cc7ccccc7nc56)CC[C@@H]4[C@H]3CC[C@@]21CC. The summed E-state index contributed by atoms with van der Waals surface area (Å²) in [5.41, 5.74) is 6.35. The molecule has 1 amide bonds. The molecule has 3 aromatic rings. The van der Waals surface area contributed by atoms with Crippen molar-refractivity contribution < 1.29 is 9.90 Å². The second kappa shape index (κ2) is 9.56. The van der Waals surface area contributed by atoms with E-state index in [4.69, 9.17) is 11.4 Å². The molecule has 0 spiro atoms. The van der Waals surface area contributed by atoms with Crippen LogP contribution in [-0.4, -0.2) is 27.3 Å². The third kappa shape index (κ3) is 3.76. The van der Waals surface area contributed by atoms with E-state index in [0.29, 0.717) is 34.8 Å². The van der Waals surface area contributed by atoms with Gasteiger partial charge in [-0.3, -0.25) is 4.79 Å². The number of amides is 1. The number of hydrogen-bond donors (Lipinski definition) is 2. The molecule has 204 valence electrons. The van der Waals surface area contributed by atoms with Gasteiger partial charge in [-0.1, -0.05) is 48.7 Å². The van der Waals surface area contributed by atoms with Crippen molar-refractivity contribution in [1.82, 2.24) is 10.4 Å². The maximum atomic E-state index is 13.2. The molecule has 1 aromatic heterocycles. The van der Waals surface area contributed by atoms with E-state index in [1.54, 1.807) is 0 Å². The van der Waals surface area contributed by atoms with Crippen LogP contribution in [0.4, 0.5) is 0 Å². The molecule has 0 bridgehead atoms. The molecule has 5 nitrogen and oxygen atoms in total. The predicted molar refractivity (Wildman–Crippen MR) is 160 cm³/mol. The van der Waals surface area contributed by atoms with Gasteiger partial charge in [-0.25, -0.2) is 10.4 Å².